The topological polar surface area (TPSA) is 41.5 Å². The zero-order valence-electron chi connectivity index (χ0n) is 12.0. The Bertz CT molecular complexity index is 567. The molecule has 2 aromatic carbocycles. The summed E-state index contributed by atoms with van der Waals surface area (Å²) in [4.78, 5) is 0. The first kappa shape index (κ1) is 14.4. The molecule has 3 nitrogen and oxygen atoms in total. The number of phenolic OH excluding ortho intramolecular Hbond substituents is 1. The molecule has 0 spiro atoms. The number of aromatic hydroxyl groups is 1. The summed E-state index contributed by atoms with van der Waals surface area (Å²) < 4.78 is 5.10. The van der Waals surface area contributed by atoms with Crippen LogP contribution in [0.1, 0.15) is 16.7 Å². The van der Waals surface area contributed by atoms with Gasteiger partial charge in [-0.3, -0.25) is 0 Å². The van der Waals surface area contributed by atoms with Crippen molar-refractivity contribution < 1.29 is 9.84 Å². The van der Waals surface area contributed by atoms with Gasteiger partial charge in [0.05, 0.1) is 7.11 Å². The summed E-state index contributed by atoms with van der Waals surface area (Å²) in [6, 6.07) is 14.0. The number of aryl methyl sites for hydroxylation is 1. The van der Waals surface area contributed by atoms with E-state index in [1.54, 1.807) is 13.2 Å². The standard InChI is InChI=1S/C17H21NO2/c1-13-4-3-5-14(10-13)8-9-18-12-15-6-7-16(19)17(11-15)20-2/h3-7,10-11,18-19H,8-9,12H2,1-2H3. The van der Waals surface area contributed by atoms with E-state index in [1.807, 2.05) is 12.1 Å². The summed E-state index contributed by atoms with van der Waals surface area (Å²) in [7, 11) is 1.56. The second kappa shape index (κ2) is 6.96. The number of benzene rings is 2. The Kier molecular flexibility index (Phi) is 5.02. The number of phenols is 1. The van der Waals surface area contributed by atoms with E-state index >= 15 is 0 Å². The molecule has 0 heterocycles. The summed E-state index contributed by atoms with van der Waals surface area (Å²) in [5.41, 5.74) is 3.75. The molecule has 0 unspecified atom stereocenters. The van der Waals surface area contributed by atoms with Gasteiger partial charge < -0.3 is 15.2 Å². The molecule has 0 aliphatic rings. The van der Waals surface area contributed by atoms with Crippen LogP contribution in [0.5, 0.6) is 11.5 Å². The van der Waals surface area contributed by atoms with E-state index in [2.05, 4.69) is 36.5 Å². The Morgan fingerprint density at radius 1 is 1.10 bits per heavy atom. The van der Waals surface area contributed by atoms with E-state index < -0.39 is 0 Å². The molecule has 2 N–H and O–H groups in total. The van der Waals surface area contributed by atoms with Gasteiger partial charge in [-0.15, -0.1) is 0 Å². The predicted octanol–water partition coefficient (Wildman–Crippen LogP) is 3.04. The first-order valence-electron chi connectivity index (χ1n) is 6.81. The highest BCUT2D eigenvalue weighted by Gasteiger charge is 2.02. The maximum Gasteiger partial charge on any atom is 0.160 e. The molecule has 2 rings (SSSR count). The zero-order valence-corrected chi connectivity index (χ0v) is 12.0. The van der Waals surface area contributed by atoms with Crippen molar-refractivity contribution >= 4 is 0 Å². The van der Waals surface area contributed by atoms with Gasteiger partial charge in [-0.2, -0.15) is 0 Å². The van der Waals surface area contributed by atoms with Crippen molar-refractivity contribution in [2.45, 2.75) is 19.9 Å². The predicted molar refractivity (Wildman–Crippen MR) is 81.2 cm³/mol. The molecule has 0 saturated heterocycles. The van der Waals surface area contributed by atoms with E-state index in [9.17, 15) is 5.11 Å². The van der Waals surface area contributed by atoms with Crippen LogP contribution in [0.2, 0.25) is 0 Å². The van der Waals surface area contributed by atoms with Crippen molar-refractivity contribution in [1.82, 2.24) is 5.32 Å². The molecular formula is C17H21NO2. The maximum atomic E-state index is 9.54. The minimum absolute atomic E-state index is 0.177. The molecule has 0 bridgehead atoms. The van der Waals surface area contributed by atoms with Crippen LogP contribution in [0.25, 0.3) is 0 Å². The Morgan fingerprint density at radius 3 is 2.70 bits per heavy atom. The number of methoxy groups -OCH3 is 1. The lowest BCUT2D eigenvalue weighted by atomic mass is 10.1. The van der Waals surface area contributed by atoms with Gasteiger partial charge in [-0.1, -0.05) is 35.9 Å². The molecule has 0 fully saturated rings. The number of nitrogens with one attached hydrogen (secondary N) is 1. The highest BCUT2D eigenvalue weighted by atomic mass is 16.5. The molecule has 0 aliphatic carbocycles. The van der Waals surface area contributed by atoms with Gasteiger partial charge in [0.2, 0.25) is 0 Å². The minimum atomic E-state index is 0.177. The van der Waals surface area contributed by atoms with Crippen LogP contribution < -0.4 is 10.1 Å². The molecular weight excluding hydrogens is 250 g/mol. The number of hydrogen-bond donors (Lipinski definition) is 2. The molecule has 0 radical (unpaired) electrons. The summed E-state index contributed by atoms with van der Waals surface area (Å²) in [5, 5.41) is 12.9. The van der Waals surface area contributed by atoms with Crippen molar-refractivity contribution in [1.29, 1.82) is 0 Å². The van der Waals surface area contributed by atoms with Crippen LogP contribution in [0.3, 0.4) is 0 Å². The van der Waals surface area contributed by atoms with E-state index in [-0.39, 0.29) is 5.75 Å². The largest absolute Gasteiger partial charge is 0.504 e. The van der Waals surface area contributed by atoms with Gasteiger partial charge >= 0.3 is 0 Å². The number of rotatable bonds is 6. The van der Waals surface area contributed by atoms with Gasteiger partial charge in [0.15, 0.2) is 11.5 Å². The quantitative estimate of drug-likeness (QED) is 0.793. The summed E-state index contributed by atoms with van der Waals surface area (Å²) >= 11 is 0. The molecule has 0 atom stereocenters. The third kappa shape index (κ3) is 4.00. The van der Waals surface area contributed by atoms with Gasteiger partial charge in [-0.25, -0.2) is 0 Å². The normalized spacial score (nSPS) is 10.5. The first-order chi connectivity index (χ1) is 9.69. The van der Waals surface area contributed by atoms with Gasteiger partial charge in [0, 0.05) is 6.54 Å². The minimum Gasteiger partial charge on any atom is -0.504 e. The van der Waals surface area contributed by atoms with E-state index in [0.717, 1.165) is 25.1 Å². The smallest absolute Gasteiger partial charge is 0.160 e. The molecule has 106 valence electrons. The van der Waals surface area contributed by atoms with Crippen LogP contribution >= 0.6 is 0 Å². The van der Waals surface area contributed by atoms with Crippen molar-refractivity contribution in [3.63, 3.8) is 0 Å². The number of hydrogen-bond acceptors (Lipinski definition) is 3. The van der Waals surface area contributed by atoms with Crippen LogP contribution in [0.4, 0.5) is 0 Å². The summed E-state index contributed by atoms with van der Waals surface area (Å²) in [5.74, 6) is 0.694. The summed E-state index contributed by atoms with van der Waals surface area (Å²) in [6.07, 6.45) is 1.01. The Hall–Kier alpha value is -2.00. The van der Waals surface area contributed by atoms with Crippen LogP contribution in [0, 0.1) is 6.92 Å². The molecule has 2 aromatic rings. The first-order valence-corrected chi connectivity index (χ1v) is 6.81. The fraction of sp³-hybridized carbons (Fsp3) is 0.294. The van der Waals surface area contributed by atoms with E-state index in [0.29, 0.717) is 5.75 Å². The zero-order chi connectivity index (χ0) is 14.4. The van der Waals surface area contributed by atoms with Crippen LogP contribution in [-0.4, -0.2) is 18.8 Å². The molecule has 0 amide bonds. The van der Waals surface area contributed by atoms with Gasteiger partial charge in [-0.05, 0) is 43.1 Å². The lowest BCUT2D eigenvalue weighted by molar-refractivity contribution is 0.373. The van der Waals surface area contributed by atoms with Crippen molar-refractivity contribution in [3.05, 3.63) is 59.2 Å². The Morgan fingerprint density at radius 2 is 1.95 bits per heavy atom. The Balaban J connectivity index is 1.81. The third-order valence-electron chi connectivity index (χ3n) is 3.25. The SMILES string of the molecule is COc1cc(CNCCc2cccc(C)c2)ccc1O. The van der Waals surface area contributed by atoms with E-state index in [1.165, 1.54) is 11.1 Å². The molecule has 20 heavy (non-hydrogen) atoms. The number of ether oxygens (including phenoxy) is 1. The maximum absolute atomic E-state index is 9.54. The third-order valence-corrected chi connectivity index (χ3v) is 3.25. The molecule has 3 heteroatoms. The molecule has 0 aromatic heterocycles. The second-order valence-corrected chi connectivity index (χ2v) is 4.92. The molecule has 0 aliphatic heterocycles. The average molecular weight is 271 g/mol. The fourth-order valence-corrected chi connectivity index (χ4v) is 2.17. The lowest BCUT2D eigenvalue weighted by Crippen LogP contribution is -2.16. The Labute approximate surface area is 120 Å². The average Bonchev–Trinajstić information content (AvgIpc) is 2.45. The second-order valence-electron chi connectivity index (χ2n) is 4.92. The summed E-state index contributed by atoms with van der Waals surface area (Å²) in [6.45, 7) is 3.80. The highest BCUT2D eigenvalue weighted by Crippen LogP contribution is 2.26. The fourth-order valence-electron chi connectivity index (χ4n) is 2.17. The van der Waals surface area contributed by atoms with Crippen molar-refractivity contribution in [2.24, 2.45) is 0 Å². The van der Waals surface area contributed by atoms with Crippen molar-refractivity contribution in [3.8, 4) is 11.5 Å². The van der Waals surface area contributed by atoms with Gasteiger partial charge in [0.25, 0.3) is 0 Å². The van der Waals surface area contributed by atoms with Crippen LogP contribution in [-0.2, 0) is 13.0 Å². The monoisotopic (exact) mass is 271 g/mol. The molecule has 0 saturated carbocycles. The lowest BCUT2D eigenvalue weighted by Gasteiger charge is -2.08. The van der Waals surface area contributed by atoms with Gasteiger partial charge in [0.1, 0.15) is 0 Å². The van der Waals surface area contributed by atoms with Crippen molar-refractivity contribution in [2.75, 3.05) is 13.7 Å². The van der Waals surface area contributed by atoms with E-state index in [4.69, 9.17) is 4.74 Å². The van der Waals surface area contributed by atoms with Crippen LogP contribution in [0.15, 0.2) is 42.5 Å². The highest BCUT2D eigenvalue weighted by molar-refractivity contribution is 5.41.